The van der Waals surface area contributed by atoms with Gasteiger partial charge >= 0.3 is 5.97 Å². The molecule has 1 spiro atoms. The van der Waals surface area contributed by atoms with E-state index in [0.29, 0.717) is 25.7 Å². The average molecular weight is 805 g/mol. The van der Waals surface area contributed by atoms with Gasteiger partial charge in [0, 0.05) is 5.92 Å². The number of carbonyl (C=O) groups is 1. The third-order valence-electron chi connectivity index (χ3n) is 14.9. The Bertz CT molecular complexity index is 1430. The maximum atomic E-state index is 14.2. The summed E-state index contributed by atoms with van der Waals surface area (Å²) in [6, 6.07) is 0. The summed E-state index contributed by atoms with van der Waals surface area (Å²) in [4.78, 5) is 14.2. The molecule has 11 N–H and O–H groups in total. The molecule has 7 rings (SSSR count). The van der Waals surface area contributed by atoms with E-state index in [0.717, 1.165) is 31.3 Å². The second-order valence-corrected chi connectivity index (χ2v) is 17.9. The first-order valence-electron chi connectivity index (χ1n) is 19.9. The number of fused-ring (bicyclic) bond motifs is 3. The van der Waals surface area contributed by atoms with Crippen molar-refractivity contribution in [3.05, 3.63) is 12.2 Å². The molecular weight excluding hydrogens is 744 g/mol. The monoisotopic (exact) mass is 804 g/mol. The van der Waals surface area contributed by atoms with Crippen LogP contribution in [0, 0.1) is 34.0 Å². The predicted octanol–water partition coefficient (Wildman–Crippen LogP) is -3.08. The van der Waals surface area contributed by atoms with Gasteiger partial charge in [0.1, 0.15) is 73.2 Å². The van der Waals surface area contributed by atoms with Crippen LogP contribution in [0.25, 0.3) is 0 Å². The molecule has 56 heavy (non-hydrogen) atoms. The van der Waals surface area contributed by atoms with E-state index in [2.05, 4.69) is 13.5 Å². The largest absolute Gasteiger partial charge is 0.432 e. The Kier molecular flexibility index (Phi) is 12.1. The zero-order chi connectivity index (χ0) is 40.6. The summed E-state index contributed by atoms with van der Waals surface area (Å²) in [5, 5.41) is 114. The maximum Gasteiger partial charge on any atom is 0.314 e. The van der Waals surface area contributed by atoms with E-state index in [-0.39, 0.29) is 23.2 Å². The van der Waals surface area contributed by atoms with E-state index in [4.69, 9.17) is 28.4 Å². The van der Waals surface area contributed by atoms with Crippen LogP contribution >= 0.6 is 0 Å². The Morgan fingerprint density at radius 3 is 1.86 bits per heavy atom. The lowest BCUT2D eigenvalue weighted by atomic mass is 9.41. The van der Waals surface area contributed by atoms with E-state index in [1.54, 1.807) is 0 Å². The van der Waals surface area contributed by atoms with Gasteiger partial charge in [-0.25, -0.2) is 0 Å². The fourth-order valence-electron chi connectivity index (χ4n) is 11.9. The van der Waals surface area contributed by atoms with E-state index in [1.165, 1.54) is 0 Å². The molecule has 0 aromatic rings. The SMILES string of the molecule is C=C1C[C@@]23CC[C@H]4[C@@](C)(CCC[C@@]4(C)C(=O)O[C@@H]4O[C@H](CO)[C@@H](O)[C@H](O)[C@H]4O)[C@@H]2CC(OC2O[C@@H](CO)[C@H](O)[C@@H](O)[C@@H]2O[C@@H]2O[C@H](CO)[C@@H](O)[C@H](O)[C@H]2O)[C@H]1C3. The smallest absolute Gasteiger partial charge is 0.314 e. The summed E-state index contributed by atoms with van der Waals surface area (Å²) in [5.41, 5.74) is -0.627. The summed E-state index contributed by atoms with van der Waals surface area (Å²) >= 11 is 0. The maximum absolute atomic E-state index is 14.2. The van der Waals surface area contributed by atoms with Crippen LogP contribution < -0.4 is 0 Å². The topological polar surface area (TPSA) is 295 Å². The lowest BCUT2D eigenvalue weighted by Crippen LogP contribution is -2.65. The van der Waals surface area contributed by atoms with Crippen LogP contribution in [0.5, 0.6) is 0 Å². The van der Waals surface area contributed by atoms with Crippen LogP contribution in [0.3, 0.4) is 0 Å². The number of carbonyl (C=O) groups excluding carboxylic acids is 1. The fraction of sp³-hybridized carbons (Fsp3) is 0.921. The van der Waals surface area contributed by atoms with Crippen molar-refractivity contribution in [3.63, 3.8) is 0 Å². The molecule has 0 aromatic carbocycles. The van der Waals surface area contributed by atoms with Gasteiger partial charge in [-0.15, -0.1) is 0 Å². The molecule has 0 aromatic heterocycles. The van der Waals surface area contributed by atoms with Crippen LogP contribution in [0.15, 0.2) is 12.2 Å². The first-order chi connectivity index (χ1) is 26.4. The molecule has 320 valence electrons. The van der Waals surface area contributed by atoms with E-state index in [1.807, 2.05) is 6.92 Å². The molecule has 22 atom stereocenters. The van der Waals surface area contributed by atoms with Gasteiger partial charge in [0.15, 0.2) is 12.6 Å². The molecule has 3 aliphatic heterocycles. The van der Waals surface area contributed by atoms with Crippen molar-refractivity contribution in [1.29, 1.82) is 0 Å². The highest BCUT2D eigenvalue weighted by Gasteiger charge is 2.68. The Morgan fingerprint density at radius 2 is 1.25 bits per heavy atom. The Balaban J connectivity index is 1.13. The van der Waals surface area contributed by atoms with Gasteiger partial charge in [0.2, 0.25) is 6.29 Å². The molecule has 18 nitrogen and oxygen atoms in total. The zero-order valence-electron chi connectivity index (χ0n) is 31.7. The van der Waals surface area contributed by atoms with Crippen molar-refractivity contribution < 1.29 is 89.4 Å². The standard InChI is InChI=1S/C38H60O18/c1-15-10-38-8-5-21-36(2,6-4-7-37(21,3)35(50)56-33-30(49)27(46)24(43)19(13-40)53-33)22(38)9-17(16(15)11-38)51-34-31(28(47)25(44)20(14-41)54-34)55-32-29(48)26(45)23(42)18(12-39)52-32/h16-34,39-49H,1,4-14H2,2-3H3/t16-,17?,18+,19+,20-,21-,22-,23+,24+,25-,26-,27-,28+,29+,30+,31-,32-,33-,34?,36+,37+,38+/m0/s1. The number of ether oxygens (including phenoxy) is 6. The highest BCUT2D eigenvalue weighted by atomic mass is 16.8. The molecule has 2 unspecified atom stereocenters. The normalized spacial score (nSPS) is 54.6. The minimum atomic E-state index is -1.81. The van der Waals surface area contributed by atoms with Gasteiger partial charge < -0.3 is 84.6 Å². The van der Waals surface area contributed by atoms with Crippen molar-refractivity contribution in [2.75, 3.05) is 19.8 Å². The Morgan fingerprint density at radius 1 is 0.696 bits per heavy atom. The van der Waals surface area contributed by atoms with Gasteiger partial charge in [-0.1, -0.05) is 25.5 Å². The molecule has 0 radical (unpaired) electrons. The van der Waals surface area contributed by atoms with Crippen LogP contribution in [0.4, 0.5) is 0 Å². The summed E-state index contributed by atoms with van der Waals surface area (Å²) in [6.45, 7) is 6.43. The number of rotatable bonds is 9. The molecule has 2 bridgehead atoms. The third kappa shape index (κ3) is 6.88. The first-order valence-corrected chi connectivity index (χ1v) is 19.9. The van der Waals surface area contributed by atoms with Gasteiger partial charge in [-0.05, 0) is 74.5 Å². The Labute approximate surface area is 324 Å². The van der Waals surface area contributed by atoms with Gasteiger partial charge in [-0.2, -0.15) is 0 Å². The second-order valence-electron chi connectivity index (χ2n) is 17.9. The van der Waals surface area contributed by atoms with Crippen LogP contribution in [-0.2, 0) is 33.2 Å². The minimum absolute atomic E-state index is 0.00788. The average Bonchev–Trinajstić information content (AvgIpc) is 3.44. The van der Waals surface area contributed by atoms with Crippen molar-refractivity contribution in [3.8, 4) is 0 Å². The molecule has 0 amide bonds. The second kappa shape index (κ2) is 15.9. The molecular formula is C38H60O18. The van der Waals surface area contributed by atoms with E-state index >= 15 is 0 Å². The lowest BCUT2D eigenvalue weighted by Gasteiger charge is -2.64. The molecule has 4 aliphatic carbocycles. The predicted molar refractivity (Wildman–Crippen MR) is 186 cm³/mol. The summed E-state index contributed by atoms with van der Waals surface area (Å²) in [5.74, 6) is -0.943. The quantitative estimate of drug-likeness (QED) is 0.0626. The number of aliphatic hydroxyl groups excluding tert-OH is 11. The van der Waals surface area contributed by atoms with E-state index in [9.17, 15) is 61.0 Å². The number of esters is 1. The number of hydrogen-bond acceptors (Lipinski definition) is 18. The van der Waals surface area contributed by atoms with Gasteiger partial charge in [0.05, 0.1) is 31.3 Å². The molecule has 3 heterocycles. The van der Waals surface area contributed by atoms with Crippen molar-refractivity contribution in [2.45, 2.75) is 163 Å². The molecule has 3 saturated heterocycles. The number of hydrogen-bond donors (Lipinski definition) is 11. The van der Waals surface area contributed by atoms with Gasteiger partial charge in [0.25, 0.3) is 0 Å². The van der Waals surface area contributed by atoms with Crippen molar-refractivity contribution in [2.24, 2.45) is 34.0 Å². The first kappa shape index (κ1) is 42.7. The summed E-state index contributed by atoms with van der Waals surface area (Å²) < 4.78 is 35.5. The number of aliphatic hydroxyl groups is 11. The van der Waals surface area contributed by atoms with Crippen LogP contribution in [0.1, 0.15) is 65.2 Å². The minimum Gasteiger partial charge on any atom is -0.432 e. The van der Waals surface area contributed by atoms with Crippen LogP contribution in [0.2, 0.25) is 0 Å². The molecule has 4 saturated carbocycles. The molecule has 7 fully saturated rings. The van der Waals surface area contributed by atoms with Crippen molar-refractivity contribution >= 4 is 5.97 Å². The fourth-order valence-corrected chi connectivity index (χ4v) is 11.9. The third-order valence-corrected chi connectivity index (χ3v) is 14.9. The Hall–Kier alpha value is -1.43. The highest BCUT2D eigenvalue weighted by molar-refractivity contribution is 5.77. The molecule has 18 heteroatoms. The van der Waals surface area contributed by atoms with E-state index < -0.39 is 135 Å². The molecule has 7 aliphatic rings. The highest BCUT2D eigenvalue weighted by Crippen LogP contribution is 2.72. The summed E-state index contributed by atoms with van der Waals surface area (Å²) in [6.07, 6.45) is -18.9. The van der Waals surface area contributed by atoms with Crippen LogP contribution in [-0.4, -0.2) is 180 Å². The van der Waals surface area contributed by atoms with Crippen molar-refractivity contribution in [1.82, 2.24) is 0 Å². The van der Waals surface area contributed by atoms with Gasteiger partial charge in [-0.3, -0.25) is 4.79 Å². The lowest BCUT2D eigenvalue weighted by molar-refractivity contribution is -0.374. The zero-order valence-corrected chi connectivity index (χ0v) is 31.7. The summed E-state index contributed by atoms with van der Waals surface area (Å²) in [7, 11) is 0.